The second-order valence-electron chi connectivity index (χ2n) is 5.56. The van der Waals surface area contributed by atoms with E-state index in [2.05, 4.69) is 10.6 Å². The van der Waals surface area contributed by atoms with Crippen LogP contribution in [-0.2, 0) is 14.3 Å². The first-order chi connectivity index (χ1) is 9.23. The second-order valence-corrected chi connectivity index (χ2v) is 5.56. The summed E-state index contributed by atoms with van der Waals surface area (Å²) in [5.41, 5.74) is 0.248. The summed E-state index contributed by atoms with van der Waals surface area (Å²) in [4.78, 5) is 11.8. The van der Waals surface area contributed by atoms with Gasteiger partial charge in [0.15, 0.2) is 0 Å². The van der Waals surface area contributed by atoms with E-state index in [-0.39, 0.29) is 23.7 Å². The van der Waals surface area contributed by atoms with Gasteiger partial charge in [0.1, 0.15) is 0 Å². The molecule has 20 heavy (non-hydrogen) atoms. The highest BCUT2D eigenvalue weighted by Gasteiger charge is 2.59. The Hall–Kier alpha value is -0.360. The van der Waals surface area contributed by atoms with Crippen LogP contribution in [0.15, 0.2) is 0 Å². The predicted octanol–water partition coefficient (Wildman–Crippen LogP) is 1.11. The van der Waals surface area contributed by atoms with Gasteiger partial charge in [-0.2, -0.15) is 0 Å². The molecule has 0 aromatic rings. The fourth-order valence-corrected chi connectivity index (χ4v) is 3.26. The van der Waals surface area contributed by atoms with Crippen molar-refractivity contribution in [1.29, 1.82) is 0 Å². The SMILES string of the molecule is CCOC1CC(NC(=O)CNCCOC)C12CCC2.Cl. The standard InChI is InChI=1S/C14H26N2O3.ClH/c1-3-19-12-9-11(14(12)5-4-6-14)16-13(17)10-15-7-8-18-2;/h11-12,15H,3-10H2,1-2H3,(H,16,17);1H. The van der Waals surface area contributed by atoms with Crippen molar-refractivity contribution in [3.05, 3.63) is 0 Å². The minimum Gasteiger partial charge on any atom is -0.383 e. The van der Waals surface area contributed by atoms with Crippen LogP contribution < -0.4 is 10.6 Å². The average Bonchev–Trinajstić information content (AvgIpc) is 2.31. The van der Waals surface area contributed by atoms with Crippen molar-refractivity contribution in [2.24, 2.45) is 5.41 Å². The zero-order chi connectivity index (χ0) is 13.7. The van der Waals surface area contributed by atoms with Gasteiger partial charge >= 0.3 is 0 Å². The number of halogens is 1. The Kier molecular flexibility index (Phi) is 7.23. The molecule has 0 radical (unpaired) electrons. The van der Waals surface area contributed by atoms with Gasteiger partial charge in [-0.15, -0.1) is 12.4 Å². The lowest BCUT2D eigenvalue weighted by atomic mass is 9.51. The number of hydrogen-bond donors (Lipinski definition) is 2. The Bertz CT molecular complexity index is 311. The van der Waals surface area contributed by atoms with Gasteiger partial charge in [0.05, 0.1) is 19.3 Å². The fraction of sp³-hybridized carbons (Fsp3) is 0.929. The molecule has 0 saturated heterocycles. The maximum absolute atomic E-state index is 11.8. The van der Waals surface area contributed by atoms with Crippen molar-refractivity contribution < 1.29 is 14.3 Å². The van der Waals surface area contributed by atoms with Crippen molar-refractivity contribution in [2.45, 2.75) is 44.8 Å². The summed E-state index contributed by atoms with van der Waals surface area (Å²) in [6.45, 7) is 4.52. The summed E-state index contributed by atoms with van der Waals surface area (Å²) in [5.74, 6) is 0.0855. The molecule has 2 N–H and O–H groups in total. The highest BCUT2D eigenvalue weighted by Crippen LogP contribution is 2.57. The number of methoxy groups -OCH3 is 1. The van der Waals surface area contributed by atoms with E-state index in [1.165, 1.54) is 19.3 Å². The first-order valence-electron chi connectivity index (χ1n) is 7.33. The second kappa shape index (κ2) is 8.17. The van der Waals surface area contributed by atoms with Crippen molar-refractivity contribution in [3.63, 3.8) is 0 Å². The predicted molar refractivity (Wildman–Crippen MR) is 80.2 cm³/mol. The molecule has 1 amide bonds. The maximum Gasteiger partial charge on any atom is 0.234 e. The van der Waals surface area contributed by atoms with E-state index in [0.29, 0.717) is 31.8 Å². The van der Waals surface area contributed by atoms with Gasteiger partial charge in [-0.3, -0.25) is 4.79 Å². The minimum absolute atomic E-state index is 0. The maximum atomic E-state index is 11.8. The Morgan fingerprint density at radius 2 is 2.15 bits per heavy atom. The minimum atomic E-state index is 0. The molecule has 2 unspecified atom stereocenters. The molecule has 6 heteroatoms. The summed E-state index contributed by atoms with van der Waals surface area (Å²) in [5, 5.41) is 6.22. The smallest absolute Gasteiger partial charge is 0.234 e. The highest BCUT2D eigenvalue weighted by molar-refractivity contribution is 5.85. The number of amides is 1. The number of ether oxygens (including phenoxy) is 2. The normalized spacial score (nSPS) is 26.3. The summed E-state index contributed by atoms with van der Waals surface area (Å²) in [7, 11) is 1.66. The third kappa shape index (κ3) is 3.64. The monoisotopic (exact) mass is 306 g/mol. The number of rotatable bonds is 8. The third-order valence-electron chi connectivity index (χ3n) is 4.54. The van der Waals surface area contributed by atoms with E-state index < -0.39 is 0 Å². The summed E-state index contributed by atoms with van der Waals surface area (Å²) in [6.07, 6.45) is 4.98. The topological polar surface area (TPSA) is 59.6 Å². The average molecular weight is 307 g/mol. The quantitative estimate of drug-likeness (QED) is 0.660. The van der Waals surface area contributed by atoms with Gasteiger partial charge in [0.25, 0.3) is 0 Å². The number of carbonyl (C=O) groups is 1. The molecule has 2 aliphatic carbocycles. The van der Waals surface area contributed by atoms with Gasteiger partial charge < -0.3 is 20.1 Å². The Morgan fingerprint density at radius 1 is 1.40 bits per heavy atom. The van der Waals surface area contributed by atoms with Crippen LogP contribution in [0, 0.1) is 5.41 Å². The van der Waals surface area contributed by atoms with E-state index in [1.54, 1.807) is 7.11 Å². The zero-order valence-electron chi connectivity index (χ0n) is 12.4. The molecular formula is C14H27ClN2O3. The van der Waals surface area contributed by atoms with E-state index >= 15 is 0 Å². The largest absolute Gasteiger partial charge is 0.383 e. The van der Waals surface area contributed by atoms with Gasteiger partial charge in [0, 0.05) is 31.7 Å². The lowest BCUT2D eigenvalue weighted by Crippen LogP contribution is -2.68. The molecule has 1 spiro atoms. The molecule has 2 fully saturated rings. The van der Waals surface area contributed by atoms with Gasteiger partial charge in [-0.05, 0) is 26.2 Å². The van der Waals surface area contributed by atoms with Gasteiger partial charge in [0.2, 0.25) is 5.91 Å². The number of carbonyl (C=O) groups excluding carboxylic acids is 1. The van der Waals surface area contributed by atoms with Crippen LogP contribution in [0.5, 0.6) is 0 Å². The van der Waals surface area contributed by atoms with E-state index in [4.69, 9.17) is 9.47 Å². The van der Waals surface area contributed by atoms with Gasteiger partial charge in [-0.25, -0.2) is 0 Å². The Balaban J connectivity index is 0.00000200. The summed E-state index contributed by atoms with van der Waals surface area (Å²) in [6, 6.07) is 0.314. The number of hydrogen-bond acceptors (Lipinski definition) is 4. The van der Waals surface area contributed by atoms with Crippen LogP contribution >= 0.6 is 12.4 Å². The molecule has 2 aliphatic rings. The van der Waals surface area contributed by atoms with E-state index in [1.807, 2.05) is 6.92 Å². The van der Waals surface area contributed by atoms with E-state index in [9.17, 15) is 4.79 Å². The van der Waals surface area contributed by atoms with Crippen LogP contribution in [0.4, 0.5) is 0 Å². The molecule has 5 nitrogen and oxygen atoms in total. The van der Waals surface area contributed by atoms with Crippen LogP contribution in [0.3, 0.4) is 0 Å². The Labute approximate surface area is 127 Å². The van der Waals surface area contributed by atoms with Crippen molar-refractivity contribution in [2.75, 3.05) is 33.4 Å². The first-order valence-corrected chi connectivity index (χ1v) is 7.33. The lowest BCUT2D eigenvalue weighted by Gasteiger charge is -2.61. The van der Waals surface area contributed by atoms with E-state index in [0.717, 1.165) is 13.0 Å². The summed E-state index contributed by atoms with van der Waals surface area (Å²) < 4.78 is 10.7. The molecule has 2 rings (SSSR count). The third-order valence-corrected chi connectivity index (χ3v) is 4.54. The van der Waals surface area contributed by atoms with Gasteiger partial charge in [-0.1, -0.05) is 6.42 Å². The Morgan fingerprint density at radius 3 is 2.70 bits per heavy atom. The van der Waals surface area contributed by atoms with Crippen LogP contribution in [-0.4, -0.2) is 51.5 Å². The fourth-order valence-electron chi connectivity index (χ4n) is 3.26. The van der Waals surface area contributed by atoms with Crippen molar-refractivity contribution in [3.8, 4) is 0 Å². The van der Waals surface area contributed by atoms with Crippen LogP contribution in [0.2, 0.25) is 0 Å². The molecule has 2 saturated carbocycles. The molecule has 0 aliphatic heterocycles. The molecule has 2 atom stereocenters. The van der Waals surface area contributed by atoms with Crippen LogP contribution in [0.25, 0.3) is 0 Å². The molecule has 0 aromatic carbocycles. The lowest BCUT2D eigenvalue weighted by molar-refractivity contribution is -0.175. The first kappa shape index (κ1) is 17.7. The number of nitrogens with one attached hydrogen (secondary N) is 2. The molecule has 0 bridgehead atoms. The van der Waals surface area contributed by atoms with Crippen LogP contribution in [0.1, 0.15) is 32.6 Å². The molecular weight excluding hydrogens is 280 g/mol. The molecule has 0 heterocycles. The van der Waals surface area contributed by atoms with Crippen molar-refractivity contribution >= 4 is 18.3 Å². The molecule has 0 aromatic heterocycles. The highest BCUT2D eigenvalue weighted by atomic mass is 35.5. The zero-order valence-corrected chi connectivity index (χ0v) is 13.3. The summed E-state index contributed by atoms with van der Waals surface area (Å²) >= 11 is 0. The molecule has 118 valence electrons. The van der Waals surface area contributed by atoms with Crippen molar-refractivity contribution in [1.82, 2.24) is 10.6 Å².